The first-order valence-corrected chi connectivity index (χ1v) is 11.0. The van der Waals surface area contributed by atoms with Crippen molar-refractivity contribution in [3.8, 4) is 0 Å². The van der Waals surface area contributed by atoms with Crippen molar-refractivity contribution in [1.29, 1.82) is 0 Å². The van der Waals surface area contributed by atoms with Gasteiger partial charge in [0.1, 0.15) is 0 Å². The number of guanidine groups is 1. The molecule has 1 amide bonds. The highest BCUT2D eigenvalue weighted by molar-refractivity contribution is 14.0. The third-order valence-corrected chi connectivity index (χ3v) is 7.02. The number of rotatable bonds is 6. The first-order chi connectivity index (χ1) is 12.6. The van der Waals surface area contributed by atoms with Gasteiger partial charge in [-0.2, -0.15) is 11.8 Å². The Morgan fingerprint density at radius 2 is 1.89 bits per heavy atom. The fraction of sp³-hybridized carbons (Fsp3) is 0.889. The van der Waals surface area contributed by atoms with Gasteiger partial charge in [-0.3, -0.25) is 14.7 Å². The van der Waals surface area contributed by atoms with Crippen molar-refractivity contribution in [2.45, 2.75) is 36.5 Å². The Kier molecular flexibility index (Phi) is 9.43. The van der Waals surface area contributed by atoms with Gasteiger partial charge in [0.2, 0.25) is 5.91 Å². The van der Waals surface area contributed by atoms with E-state index >= 15 is 0 Å². The van der Waals surface area contributed by atoms with E-state index in [1.165, 1.54) is 0 Å². The molecule has 2 aliphatic heterocycles. The molecule has 156 valence electrons. The zero-order valence-electron chi connectivity index (χ0n) is 16.5. The van der Waals surface area contributed by atoms with Crippen LogP contribution in [0.25, 0.3) is 0 Å². The van der Waals surface area contributed by atoms with Gasteiger partial charge in [-0.15, -0.1) is 24.0 Å². The van der Waals surface area contributed by atoms with Crippen molar-refractivity contribution < 1.29 is 9.53 Å². The van der Waals surface area contributed by atoms with Crippen LogP contribution in [0.5, 0.6) is 0 Å². The molecule has 1 aliphatic carbocycles. The predicted octanol–water partition coefficient (Wildman–Crippen LogP) is 0.988. The van der Waals surface area contributed by atoms with Gasteiger partial charge >= 0.3 is 0 Å². The largest absolute Gasteiger partial charge is 0.381 e. The molecule has 0 spiro atoms. The topological polar surface area (TPSA) is 69.2 Å². The molecule has 0 aromatic heterocycles. The second kappa shape index (κ2) is 11.1. The molecular formula is C18H34IN5O2S. The molecule has 2 saturated heterocycles. The molecule has 0 bridgehead atoms. The molecular weight excluding hydrogens is 477 g/mol. The number of thioether (sulfide) groups is 1. The Labute approximate surface area is 184 Å². The maximum atomic E-state index is 12.0. The summed E-state index contributed by atoms with van der Waals surface area (Å²) >= 11 is 1.94. The highest BCUT2D eigenvalue weighted by Crippen LogP contribution is 2.33. The maximum Gasteiger partial charge on any atom is 0.234 e. The minimum atomic E-state index is 0. The molecule has 3 rings (SSSR count). The van der Waals surface area contributed by atoms with Crippen LogP contribution in [0.4, 0.5) is 0 Å². The Hall–Kier alpha value is -0.260. The number of ether oxygens (including phenoxy) is 1. The van der Waals surface area contributed by atoms with Crippen LogP contribution < -0.4 is 10.6 Å². The third-order valence-electron chi connectivity index (χ3n) is 5.60. The van der Waals surface area contributed by atoms with Crippen molar-refractivity contribution in [2.75, 3.05) is 65.8 Å². The smallest absolute Gasteiger partial charge is 0.234 e. The first-order valence-electron chi connectivity index (χ1n) is 9.74. The lowest BCUT2D eigenvalue weighted by Gasteiger charge is -2.39. The van der Waals surface area contributed by atoms with Crippen LogP contribution in [0.1, 0.15) is 25.7 Å². The van der Waals surface area contributed by atoms with E-state index in [9.17, 15) is 4.79 Å². The Bertz CT molecular complexity index is 504. The summed E-state index contributed by atoms with van der Waals surface area (Å²) in [6.07, 6.45) is 6.65. The SMILES string of the molecule is CN=C(NCC1(SC)CCOCC1)N1CCN(CC(=O)NC2CC2)CC1.I. The third kappa shape index (κ3) is 6.93. The number of halogens is 1. The van der Waals surface area contributed by atoms with E-state index in [2.05, 4.69) is 31.7 Å². The van der Waals surface area contributed by atoms with E-state index in [-0.39, 0.29) is 34.6 Å². The van der Waals surface area contributed by atoms with Crippen molar-refractivity contribution in [1.82, 2.24) is 20.4 Å². The highest BCUT2D eigenvalue weighted by Gasteiger charge is 2.32. The summed E-state index contributed by atoms with van der Waals surface area (Å²) in [5.41, 5.74) is 0. The van der Waals surface area contributed by atoms with E-state index in [0.29, 0.717) is 12.6 Å². The fourth-order valence-corrected chi connectivity index (χ4v) is 4.38. The average molecular weight is 511 g/mol. The molecule has 2 N–H and O–H groups in total. The molecule has 0 aromatic rings. The minimum absolute atomic E-state index is 0. The van der Waals surface area contributed by atoms with Crippen molar-refractivity contribution in [3.05, 3.63) is 0 Å². The molecule has 1 saturated carbocycles. The molecule has 0 atom stereocenters. The number of hydrogen-bond acceptors (Lipinski definition) is 5. The van der Waals surface area contributed by atoms with Crippen LogP contribution >= 0.6 is 35.7 Å². The number of carbonyl (C=O) groups excluding carboxylic acids is 1. The second-order valence-electron chi connectivity index (χ2n) is 7.51. The van der Waals surface area contributed by atoms with Gasteiger partial charge in [0, 0.05) is 63.8 Å². The Morgan fingerprint density at radius 3 is 2.44 bits per heavy atom. The minimum Gasteiger partial charge on any atom is -0.381 e. The summed E-state index contributed by atoms with van der Waals surface area (Å²) in [5.74, 6) is 1.15. The molecule has 7 nitrogen and oxygen atoms in total. The van der Waals surface area contributed by atoms with E-state index in [4.69, 9.17) is 4.74 Å². The van der Waals surface area contributed by atoms with Crippen LogP contribution in [-0.4, -0.2) is 98.2 Å². The molecule has 0 unspecified atom stereocenters. The number of nitrogens with zero attached hydrogens (tertiary/aromatic N) is 3. The maximum absolute atomic E-state index is 12.0. The van der Waals surface area contributed by atoms with E-state index < -0.39 is 0 Å². The molecule has 2 heterocycles. The zero-order valence-corrected chi connectivity index (χ0v) is 19.7. The first kappa shape index (κ1) is 23.0. The summed E-state index contributed by atoms with van der Waals surface area (Å²) in [4.78, 5) is 21.0. The number of nitrogens with one attached hydrogen (secondary N) is 2. The number of hydrogen-bond donors (Lipinski definition) is 2. The standard InChI is InChI=1S/C18H33N5O2S.HI/c1-19-17(20-14-18(26-2)5-11-25-12-6-18)23-9-7-22(8-10-23)13-16(24)21-15-3-4-15;/h15H,3-14H2,1-2H3,(H,19,20)(H,21,24);1H. The summed E-state index contributed by atoms with van der Waals surface area (Å²) < 4.78 is 5.77. The lowest BCUT2D eigenvalue weighted by atomic mass is 9.99. The summed E-state index contributed by atoms with van der Waals surface area (Å²) in [5, 5.41) is 6.66. The van der Waals surface area contributed by atoms with Gasteiger partial charge < -0.3 is 20.3 Å². The summed E-state index contributed by atoms with van der Waals surface area (Å²) in [7, 11) is 1.85. The summed E-state index contributed by atoms with van der Waals surface area (Å²) in [6, 6.07) is 0.445. The average Bonchev–Trinajstić information content (AvgIpc) is 3.48. The predicted molar refractivity (Wildman–Crippen MR) is 122 cm³/mol. The Balaban J connectivity index is 0.00000261. The number of aliphatic imine (C=N–C) groups is 1. The Morgan fingerprint density at radius 1 is 1.22 bits per heavy atom. The van der Waals surface area contributed by atoms with Crippen LogP contribution in [-0.2, 0) is 9.53 Å². The fourth-order valence-electron chi connectivity index (χ4n) is 3.59. The molecule has 27 heavy (non-hydrogen) atoms. The van der Waals surface area contributed by atoms with E-state index in [0.717, 1.165) is 77.6 Å². The van der Waals surface area contributed by atoms with Crippen LogP contribution in [0, 0.1) is 0 Å². The lowest BCUT2D eigenvalue weighted by molar-refractivity contribution is -0.122. The molecule has 0 radical (unpaired) electrons. The van der Waals surface area contributed by atoms with Gasteiger partial charge in [-0.05, 0) is 31.9 Å². The van der Waals surface area contributed by atoms with Gasteiger partial charge in [0.25, 0.3) is 0 Å². The highest BCUT2D eigenvalue weighted by atomic mass is 127. The number of piperazine rings is 1. The monoisotopic (exact) mass is 511 g/mol. The van der Waals surface area contributed by atoms with Crippen LogP contribution in [0.15, 0.2) is 4.99 Å². The van der Waals surface area contributed by atoms with Gasteiger partial charge in [-0.1, -0.05) is 0 Å². The quantitative estimate of drug-likeness (QED) is 0.315. The van der Waals surface area contributed by atoms with Crippen molar-refractivity contribution in [3.63, 3.8) is 0 Å². The van der Waals surface area contributed by atoms with Gasteiger partial charge in [0.05, 0.1) is 6.54 Å². The van der Waals surface area contributed by atoms with E-state index in [1.807, 2.05) is 18.8 Å². The van der Waals surface area contributed by atoms with Gasteiger partial charge in [-0.25, -0.2) is 0 Å². The lowest BCUT2D eigenvalue weighted by Crippen LogP contribution is -2.55. The van der Waals surface area contributed by atoms with Gasteiger partial charge in [0.15, 0.2) is 5.96 Å². The molecule has 3 fully saturated rings. The normalized spacial score (nSPS) is 23.5. The second-order valence-corrected chi connectivity index (χ2v) is 8.78. The van der Waals surface area contributed by atoms with Crippen LogP contribution in [0.3, 0.4) is 0 Å². The molecule has 0 aromatic carbocycles. The van der Waals surface area contributed by atoms with Crippen molar-refractivity contribution >= 4 is 47.6 Å². The molecule has 3 aliphatic rings. The zero-order chi connectivity index (χ0) is 18.4. The molecule has 9 heteroatoms. The van der Waals surface area contributed by atoms with Crippen LogP contribution in [0.2, 0.25) is 0 Å². The van der Waals surface area contributed by atoms with Crippen molar-refractivity contribution in [2.24, 2.45) is 4.99 Å². The number of carbonyl (C=O) groups is 1. The number of amides is 1. The summed E-state index contributed by atoms with van der Waals surface area (Å²) in [6.45, 7) is 6.77. The van der Waals surface area contributed by atoms with E-state index in [1.54, 1.807) is 0 Å².